The largest absolute Gasteiger partial charge is 0.382 e. The molecule has 1 N–H and O–H groups in total. The minimum absolute atomic E-state index is 0.0501. The van der Waals surface area contributed by atoms with Crippen LogP contribution in [-0.2, 0) is 4.79 Å². The van der Waals surface area contributed by atoms with Crippen molar-refractivity contribution < 1.29 is 18.7 Å². The van der Waals surface area contributed by atoms with Gasteiger partial charge in [0.25, 0.3) is 0 Å². The molecule has 0 heterocycles. The Kier molecular flexibility index (Phi) is 4.34. The van der Waals surface area contributed by atoms with Gasteiger partial charge in [0.1, 0.15) is 6.10 Å². The Hall–Kier alpha value is -1.29. The molecule has 2 unspecified atom stereocenters. The fourth-order valence-electron chi connectivity index (χ4n) is 1.49. The molecule has 0 aliphatic carbocycles. The van der Waals surface area contributed by atoms with Gasteiger partial charge in [-0.3, -0.25) is 4.79 Å². The minimum atomic E-state index is -3.74. The lowest BCUT2D eigenvalue weighted by molar-refractivity contribution is -0.165. The number of aliphatic hydroxyl groups excluding tert-OH is 1. The topological polar surface area (TPSA) is 37.3 Å². The molecule has 1 aromatic carbocycles. The zero-order chi connectivity index (χ0) is 13.1. The van der Waals surface area contributed by atoms with Crippen molar-refractivity contribution in [2.75, 3.05) is 0 Å². The van der Waals surface area contributed by atoms with Gasteiger partial charge in [-0.05, 0) is 12.0 Å². The summed E-state index contributed by atoms with van der Waals surface area (Å²) >= 11 is 0. The summed E-state index contributed by atoms with van der Waals surface area (Å²) in [5.41, 5.74) is 0.0501. The number of rotatable bonds is 5. The first-order chi connectivity index (χ1) is 7.91. The molecule has 0 fully saturated rings. The number of hydrogen-bond acceptors (Lipinski definition) is 2. The Labute approximate surface area is 99.3 Å². The average Bonchev–Trinajstić information content (AvgIpc) is 2.36. The van der Waals surface area contributed by atoms with Gasteiger partial charge in [0.2, 0.25) is 5.78 Å². The molecule has 0 saturated carbocycles. The summed E-state index contributed by atoms with van der Waals surface area (Å²) in [6, 6.07) is 7.50. The average molecular weight is 242 g/mol. The number of benzene rings is 1. The zero-order valence-electron chi connectivity index (χ0n) is 9.86. The van der Waals surface area contributed by atoms with E-state index in [-0.39, 0.29) is 5.56 Å². The van der Waals surface area contributed by atoms with E-state index in [9.17, 15) is 18.7 Å². The number of carbonyl (C=O) groups excluding carboxylic acids is 1. The molecule has 0 radical (unpaired) electrons. The number of hydrogen-bond donors (Lipinski definition) is 1. The number of alkyl halides is 2. The summed E-state index contributed by atoms with van der Waals surface area (Å²) in [5.74, 6) is -5.71. The molecule has 0 amide bonds. The van der Waals surface area contributed by atoms with E-state index in [1.54, 1.807) is 25.1 Å². The Bertz CT molecular complexity index is 376. The van der Waals surface area contributed by atoms with Crippen molar-refractivity contribution in [1.29, 1.82) is 0 Å². The molecule has 0 saturated heterocycles. The Morgan fingerprint density at radius 1 is 1.35 bits per heavy atom. The summed E-state index contributed by atoms with van der Waals surface area (Å²) in [7, 11) is 0. The van der Waals surface area contributed by atoms with Gasteiger partial charge in [0, 0.05) is 5.92 Å². The summed E-state index contributed by atoms with van der Waals surface area (Å²) < 4.78 is 27.5. The molecule has 2 nitrogen and oxygen atoms in total. The standard InChI is InChI=1S/C13H16F2O2/c1-3-9(2)11(16)13(14,15)12(17)10-7-5-4-6-8-10/h4-9,12,17H,3H2,1-2H3. The van der Waals surface area contributed by atoms with E-state index in [0.29, 0.717) is 6.42 Å². The van der Waals surface area contributed by atoms with Gasteiger partial charge in [-0.25, -0.2) is 0 Å². The maximum absolute atomic E-state index is 13.7. The van der Waals surface area contributed by atoms with Crippen LogP contribution in [0.3, 0.4) is 0 Å². The minimum Gasteiger partial charge on any atom is -0.382 e. The summed E-state index contributed by atoms with van der Waals surface area (Å²) in [4.78, 5) is 11.5. The lowest BCUT2D eigenvalue weighted by Crippen LogP contribution is -2.39. The normalized spacial score (nSPS) is 15.4. The molecule has 94 valence electrons. The summed E-state index contributed by atoms with van der Waals surface area (Å²) in [5, 5.41) is 9.59. The highest BCUT2D eigenvalue weighted by Crippen LogP contribution is 2.34. The van der Waals surface area contributed by atoms with Crippen LogP contribution in [-0.4, -0.2) is 16.8 Å². The van der Waals surface area contributed by atoms with Crippen LogP contribution < -0.4 is 0 Å². The van der Waals surface area contributed by atoms with Crippen molar-refractivity contribution >= 4 is 5.78 Å². The molecule has 0 aromatic heterocycles. The van der Waals surface area contributed by atoms with Gasteiger partial charge >= 0.3 is 5.92 Å². The zero-order valence-corrected chi connectivity index (χ0v) is 9.86. The second kappa shape index (κ2) is 5.36. The molecule has 17 heavy (non-hydrogen) atoms. The lowest BCUT2D eigenvalue weighted by Gasteiger charge is -2.23. The van der Waals surface area contributed by atoms with E-state index < -0.39 is 23.7 Å². The van der Waals surface area contributed by atoms with Crippen LogP contribution in [0, 0.1) is 5.92 Å². The van der Waals surface area contributed by atoms with Gasteiger partial charge in [0.05, 0.1) is 0 Å². The summed E-state index contributed by atoms with van der Waals surface area (Å²) in [6.45, 7) is 3.10. The maximum Gasteiger partial charge on any atom is 0.334 e. The highest BCUT2D eigenvalue weighted by molar-refractivity contribution is 5.88. The highest BCUT2D eigenvalue weighted by atomic mass is 19.3. The Morgan fingerprint density at radius 3 is 2.35 bits per heavy atom. The molecule has 0 spiro atoms. The van der Waals surface area contributed by atoms with Crippen LogP contribution in [0.2, 0.25) is 0 Å². The van der Waals surface area contributed by atoms with Crippen molar-refractivity contribution in [2.45, 2.75) is 32.3 Å². The van der Waals surface area contributed by atoms with Crippen molar-refractivity contribution in [3.05, 3.63) is 35.9 Å². The van der Waals surface area contributed by atoms with E-state index in [4.69, 9.17) is 0 Å². The van der Waals surface area contributed by atoms with E-state index in [2.05, 4.69) is 0 Å². The number of ketones is 1. The first-order valence-corrected chi connectivity index (χ1v) is 5.56. The van der Waals surface area contributed by atoms with Gasteiger partial charge in [-0.2, -0.15) is 8.78 Å². The Morgan fingerprint density at radius 2 is 1.88 bits per heavy atom. The predicted octanol–water partition coefficient (Wildman–Crippen LogP) is 2.97. The van der Waals surface area contributed by atoms with Crippen LogP contribution >= 0.6 is 0 Å². The molecule has 0 aliphatic rings. The van der Waals surface area contributed by atoms with Gasteiger partial charge in [-0.15, -0.1) is 0 Å². The molecule has 1 aromatic rings. The van der Waals surface area contributed by atoms with Crippen molar-refractivity contribution in [1.82, 2.24) is 0 Å². The molecule has 2 atom stereocenters. The number of carbonyl (C=O) groups is 1. The Balaban J connectivity index is 2.94. The van der Waals surface area contributed by atoms with E-state index in [1.807, 2.05) is 0 Å². The van der Waals surface area contributed by atoms with Crippen molar-refractivity contribution in [3.63, 3.8) is 0 Å². The van der Waals surface area contributed by atoms with E-state index in [0.717, 1.165) is 0 Å². The monoisotopic (exact) mass is 242 g/mol. The number of Topliss-reactive ketones (excluding diaryl/α,β-unsaturated/α-hetero) is 1. The molecule has 1 rings (SSSR count). The molecular weight excluding hydrogens is 226 g/mol. The lowest BCUT2D eigenvalue weighted by atomic mass is 9.92. The molecule has 4 heteroatoms. The summed E-state index contributed by atoms with van der Waals surface area (Å²) in [6.07, 6.45) is -1.75. The third kappa shape index (κ3) is 2.88. The second-order valence-electron chi connectivity index (χ2n) is 4.11. The van der Waals surface area contributed by atoms with E-state index in [1.165, 1.54) is 19.1 Å². The third-order valence-electron chi connectivity index (χ3n) is 2.85. The maximum atomic E-state index is 13.7. The fraction of sp³-hybridized carbons (Fsp3) is 0.462. The van der Waals surface area contributed by atoms with Crippen molar-refractivity contribution in [2.24, 2.45) is 5.92 Å². The van der Waals surface area contributed by atoms with Crippen LogP contribution in [0.25, 0.3) is 0 Å². The van der Waals surface area contributed by atoms with E-state index >= 15 is 0 Å². The number of aliphatic hydroxyl groups is 1. The first-order valence-electron chi connectivity index (χ1n) is 5.56. The quantitative estimate of drug-likeness (QED) is 0.861. The molecular formula is C13H16F2O2. The molecule has 0 bridgehead atoms. The highest BCUT2D eigenvalue weighted by Gasteiger charge is 2.48. The van der Waals surface area contributed by atoms with Crippen molar-refractivity contribution in [3.8, 4) is 0 Å². The first kappa shape index (κ1) is 13.8. The van der Waals surface area contributed by atoms with Gasteiger partial charge < -0.3 is 5.11 Å². The fourth-order valence-corrected chi connectivity index (χ4v) is 1.49. The number of halogens is 2. The van der Waals surface area contributed by atoms with Crippen LogP contribution in [0.4, 0.5) is 8.78 Å². The second-order valence-corrected chi connectivity index (χ2v) is 4.11. The molecule has 0 aliphatic heterocycles. The van der Waals surface area contributed by atoms with Gasteiger partial charge in [0.15, 0.2) is 0 Å². The van der Waals surface area contributed by atoms with Crippen LogP contribution in [0.5, 0.6) is 0 Å². The third-order valence-corrected chi connectivity index (χ3v) is 2.85. The van der Waals surface area contributed by atoms with Crippen LogP contribution in [0.1, 0.15) is 31.9 Å². The van der Waals surface area contributed by atoms with Crippen LogP contribution in [0.15, 0.2) is 30.3 Å². The van der Waals surface area contributed by atoms with Gasteiger partial charge in [-0.1, -0.05) is 44.2 Å². The smallest absolute Gasteiger partial charge is 0.334 e. The SMILES string of the molecule is CCC(C)C(=O)C(F)(F)C(O)c1ccccc1. The predicted molar refractivity (Wildman–Crippen MR) is 60.8 cm³/mol.